The molecule has 1 rings (SSSR count). The number of rotatable bonds is 7. The van der Waals surface area contributed by atoms with E-state index in [4.69, 9.17) is 4.52 Å². The normalized spacial score (nSPS) is 11.6. The van der Waals surface area contributed by atoms with Gasteiger partial charge in [0.2, 0.25) is 5.89 Å². The minimum Gasteiger partial charge on any atom is -0.339 e. The molecule has 0 saturated carbocycles. The maximum Gasteiger partial charge on any atom is 0.226 e. The van der Waals surface area contributed by atoms with Crippen molar-refractivity contribution in [1.29, 1.82) is 0 Å². The summed E-state index contributed by atoms with van der Waals surface area (Å²) in [6.45, 7) is 9.60. The Morgan fingerprint density at radius 3 is 2.62 bits per heavy atom. The highest BCUT2D eigenvalue weighted by Gasteiger charge is 2.07. The number of hydrogen-bond donors (Lipinski definition) is 1. The molecule has 4 nitrogen and oxygen atoms in total. The summed E-state index contributed by atoms with van der Waals surface area (Å²) in [6.07, 6.45) is 2.81. The summed E-state index contributed by atoms with van der Waals surface area (Å²) in [7, 11) is 0. The minimum atomic E-state index is 0.541. The van der Waals surface area contributed by atoms with Gasteiger partial charge in [-0.05, 0) is 18.9 Å². The molecule has 0 aliphatic rings. The fourth-order valence-corrected chi connectivity index (χ4v) is 1.47. The molecule has 1 aromatic heterocycles. The number of nitrogens with one attached hydrogen (secondary N) is 1. The number of aryl methyl sites for hydroxylation is 1. The van der Waals surface area contributed by atoms with Gasteiger partial charge in [0.25, 0.3) is 0 Å². The quantitative estimate of drug-likeness (QED) is 0.723. The smallest absolute Gasteiger partial charge is 0.226 e. The summed E-state index contributed by atoms with van der Waals surface area (Å²) >= 11 is 0. The lowest BCUT2D eigenvalue weighted by atomic mass is 10.1. The van der Waals surface area contributed by atoms with Crippen LogP contribution in [0.3, 0.4) is 0 Å². The van der Waals surface area contributed by atoms with Gasteiger partial charge in [-0.15, -0.1) is 0 Å². The average Bonchev–Trinajstić information content (AvgIpc) is 2.59. The molecule has 0 saturated heterocycles. The van der Waals surface area contributed by atoms with Crippen LogP contribution < -0.4 is 5.32 Å². The highest BCUT2D eigenvalue weighted by Crippen LogP contribution is 2.05. The topological polar surface area (TPSA) is 51.0 Å². The lowest BCUT2D eigenvalue weighted by molar-refractivity contribution is 0.366. The van der Waals surface area contributed by atoms with Crippen LogP contribution in [0.25, 0.3) is 0 Å². The standard InChI is InChI=1S/C12H23N3O/c1-9(2)8-11-14-12(16-15-11)6-5-7-13-10(3)4/h9-10,13H,5-8H2,1-4H3. The zero-order chi connectivity index (χ0) is 12.0. The van der Waals surface area contributed by atoms with E-state index in [2.05, 4.69) is 43.2 Å². The third kappa shape index (κ3) is 5.26. The molecular weight excluding hydrogens is 202 g/mol. The summed E-state index contributed by atoms with van der Waals surface area (Å²) in [5.41, 5.74) is 0. The molecule has 1 aromatic rings. The van der Waals surface area contributed by atoms with E-state index in [1.54, 1.807) is 0 Å². The third-order valence-corrected chi connectivity index (χ3v) is 2.22. The molecule has 0 radical (unpaired) electrons. The summed E-state index contributed by atoms with van der Waals surface area (Å²) in [5, 5.41) is 7.33. The molecule has 0 aliphatic heterocycles. The van der Waals surface area contributed by atoms with Crippen LogP contribution in [0.5, 0.6) is 0 Å². The van der Waals surface area contributed by atoms with E-state index in [9.17, 15) is 0 Å². The molecule has 1 heterocycles. The van der Waals surface area contributed by atoms with Crippen molar-refractivity contribution in [3.63, 3.8) is 0 Å². The molecule has 0 amide bonds. The van der Waals surface area contributed by atoms with Gasteiger partial charge >= 0.3 is 0 Å². The molecule has 0 unspecified atom stereocenters. The van der Waals surface area contributed by atoms with Crippen molar-refractivity contribution in [3.05, 3.63) is 11.7 Å². The Hall–Kier alpha value is -0.900. The molecule has 0 aliphatic carbocycles. The number of aromatic nitrogens is 2. The highest BCUT2D eigenvalue weighted by atomic mass is 16.5. The minimum absolute atomic E-state index is 0.541. The van der Waals surface area contributed by atoms with Gasteiger partial charge in [-0.3, -0.25) is 0 Å². The molecule has 0 aromatic carbocycles. The lowest BCUT2D eigenvalue weighted by Gasteiger charge is -2.05. The lowest BCUT2D eigenvalue weighted by Crippen LogP contribution is -2.23. The van der Waals surface area contributed by atoms with Gasteiger partial charge in [-0.2, -0.15) is 4.98 Å². The number of nitrogens with zero attached hydrogens (tertiary/aromatic N) is 2. The predicted molar refractivity (Wildman–Crippen MR) is 64.3 cm³/mol. The van der Waals surface area contributed by atoms with Crippen LogP contribution in [0, 0.1) is 5.92 Å². The third-order valence-electron chi connectivity index (χ3n) is 2.22. The van der Waals surface area contributed by atoms with E-state index in [0.717, 1.165) is 37.5 Å². The average molecular weight is 225 g/mol. The van der Waals surface area contributed by atoms with Gasteiger partial charge in [-0.1, -0.05) is 32.9 Å². The molecular formula is C12H23N3O. The van der Waals surface area contributed by atoms with Crippen LogP contribution in [-0.4, -0.2) is 22.7 Å². The largest absolute Gasteiger partial charge is 0.339 e. The first kappa shape index (κ1) is 13.2. The van der Waals surface area contributed by atoms with Gasteiger partial charge in [0, 0.05) is 18.9 Å². The molecule has 0 bridgehead atoms. The van der Waals surface area contributed by atoms with E-state index < -0.39 is 0 Å². The van der Waals surface area contributed by atoms with Crippen molar-refractivity contribution in [1.82, 2.24) is 15.5 Å². The van der Waals surface area contributed by atoms with Crippen LogP contribution in [0.1, 0.15) is 45.8 Å². The summed E-state index contributed by atoms with van der Waals surface area (Å²) < 4.78 is 5.18. The predicted octanol–water partition coefficient (Wildman–Crippen LogP) is 2.20. The van der Waals surface area contributed by atoms with Gasteiger partial charge < -0.3 is 9.84 Å². The Balaban J connectivity index is 2.24. The summed E-state index contributed by atoms with van der Waals surface area (Å²) in [5.74, 6) is 2.18. The molecule has 0 spiro atoms. The first-order valence-corrected chi connectivity index (χ1v) is 6.12. The molecule has 4 heteroatoms. The Labute approximate surface area is 97.8 Å². The van der Waals surface area contributed by atoms with Crippen LogP contribution in [0.15, 0.2) is 4.52 Å². The SMILES string of the molecule is CC(C)Cc1noc(CCCNC(C)C)n1. The zero-order valence-corrected chi connectivity index (χ0v) is 10.8. The molecule has 92 valence electrons. The molecule has 16 heavy (non-hydrogen) atoms. The van der Waals surface area contributed by atoms with E-state index in [0.29, 0.717) is 12.0 Å². The maximum absolute atomic E-state index is 5.18. The second-order valence-corrected chi connectivity index (χ2v) is 4.91. The van der Waals surface area contributed by atoms with Crippen molar-refractivity contribution in [2.45, 2.75) is 53.0 Å². The molecule has 0 fully saturated rings. The van der Waals surface area contributed by atoms with E-state index in [1.807, 2.05) is 0 Å². The Kier molecular flexibility index (Phi) is 5.46. The van der Waals surface area contributed by atoms with Crippen LogP contribution in [0.2, 0.25) is 0 Å². The fourth-order valence-electron chi connectivity index (χ4n) is 1.47. The second-order valence-electron chi connectivity index (χ2n) is 4.91. The van der Waals surface area contributed by atoms with Crippen LogP contribution in [0.4, 0.5) is 0 Å². The molecule has 0 atom stereocenters. The first-order chi connectivity index (χ1) is 7.58. The Bertz CT molecular complexity index is 294. The monoisotopic (exact) mass is 225 g/mol. The van der Waals surface area contributed by atoms with Crippen LogP contribution in [-0.2, 0) is 12.8 Å². The highest BCUT2D eigenvalue weighted by molar-refractivity contribution is 4.87. The van der Waals surface area contributed by atoms with Gasteiger partial charge in [-0.25, -0.2) is 0 Å². The van der Waals surface area contributed by atoms with Gasteiger partial charge in [0.15, 0.2) is 5.82 Å². The Morgan fingerprint density at radius 2 is 2.00 bits per heavy atom. The van der Waals surface area contributed by atoms with Crippen LogP contribution >= 0.6 is 0 Å². The van der Waals surface area contributed by atoms with Crippen molar-refractivity contribution in [2.24, 2.45) is 5.92 Å². The van der Waals surface area contributed by atoms with Crippen molar-refractivity contribution >= 4 is 0 Å². The Morgan fingerprint density at radius 1 is 1.25 bits per heavy atom. The first-order valence-electron chi connectivity index (χ1n) is 6.12. The van der Waals surface area contributed by atoms with Crippen molar-refractivity contribution < 1.29 is 4.52 Å². The van der Waals surface area contributed by atoms with E-state index in [-0.39, 0.29) is 0 Å². The number of hydrogen-bond acceptors (Lipinski definition) is 4. The maximum atomic E-state index is 5.18. The summed E-state index contributed by atoms with van der Waals surface area (Å²) in [4.78, 5) is 4.36. The van der Waals surface area contributed by atoms with Crippen molar-refractivity contribution in [2.75, 3.05) is 6.54 Å². The zero-order valence-electron chi connectivity index (χ0n) is 10.8. The van der Waals surface area contributed by atoms with Crippen molar-refractivity contribution in [3.8, 4) is 0 Å². The summed E-state index contributed by atoms with van der Waals surface area (Å²) in [6, 6.07) is 0.541. The van der Waals surface area contributed by atoms with E-state index >= 15 is 0 Å². The van der Waals surface area contributed by atoms with E-state index in [1.165, 1.54) is 0 Å². The second kappa shape index (κ2) is 6.63. The van der Waals surface area contributed by atoms with Gasteiger partial charge in [0.05, 0.1) is 0 Å². The fraction of sp³-hybridized carbons (Fsp3) is 0.833. The molecule has 1 N–H and O–H groups in total. The van der Waals surface area contributed by atoms with Gasteiger partial charge in [0.1, 0.15) is 0 Å².